The van der Waals surface area contributed by atoms with Crippen LogP contribution in [0.3, 0.4) is 0 Å². The van der Waals surface area contributed by atoms with Gasteiger partial charge in [-0.05, 0) is 23.8 Å². The number of nitrogens with two attached hydrogens (primary N) is 1. The highest BCUT2D eigenvalue weighted by Gasteiger charge is 2.16. The van der Waals surface area contributed by atoms with Gasteiger partial charge >= 0.3 is 0 Å². The third kappa shape index (κ3) is 3.34. The molecule has 7 heteroatoms. The summed E-state index contributed by atoms with van der Waals surface area (Å²) >= 11 is 0. The molecule has 0 bridgehead atoms. The topological polar surface area (TPSA) is 116 Å². The lowest BCUT2D eigenvalue weighted by molar-refractivity contribution is -0.384. The molecule has 1 amide bonds. The zero-order valence-electron chi connectivity index (χ0n) is 10.9. The van der Waals surface area contributed by atoms with Crippen LogP contribution in [-0.4, -0.2) is 15.9 Å². The number of primary amides is 1. The second kappa shape index (κ2) is 6.02. The molecule has 108 valence electrons. The van der Waals surface area contributed by atoms with E-state index in [0.29, 0.717) is 11.3 Å². The van der Waals surface area contributed by atoms with Crippen LogP contribution in [0.15, 0.2) is 42.5 Å². The molecular formula is C14H12N2O5. The first kappa shape index (κ1) is 14.5. The van der Waals surface area contributed by atoms with Crippen molar-refractivity contribution in [3.05, 3.63) is 63.7 Å². The summed E-state index contributed by atoms with van der Waals surface area (Å²) in [6.45, 7) is -0.153. The highest BCUT2D eigenvalue weighted by atomic mass is 16.6. The molecule has 7 nitrogen and oxygen atoms in total. The number of non-ortho nitro benzene ring substituents is 1. The Labute approximate surface area is 119 Å². The summed E-state index contributed by atoms with van der Waals surface area (Å²) in [7, 11) is 0. The largest absolute Gasteiger partial charge is 0.457 e. The molecule has 2 rings (SSSR count). The number of hydrogen-bond donors (Lipinski definition) is 2. The van der Waals surface area contributed by atoms with Crippen LogP contribution in [-0.2, 0) is 6.61 Å². The number of nitrogens with zero attached hydrogens (tertiary/aromatic N) is 1. The van der Waals surface area contributed by atoms with Crippen molar-refractivity contribution in [1.82, 2.24) is 0 Å². The molecule has 0 radical (unpaired) electrons. The normalized spacial score (nSPS) is 10.1. The number of nitro benzene ring substituents is 1. The smallest absolute Gasteiger partial charge is 0.270 e. The Morgan fingerprint density at radius 2 is 2.05 bits per heavy atom. The molecule has 0 spiro atoms. The minimum absolute atomic E-state index is 0.0846. The number of benzene rings is 2. The van der Waals surface area contributed by atoms with Gasteiger partial charge in [0.2, 0.25) is 0 Å². The molecule has 0 unspecified atom stereocenters. The highest BCUT2D eigenvalue weighted by molar-refractivity contribution is 5.96. The van der Waals surface area contributed by atoms with Gasteiger partial charge < -0.3 is 15.6 Å². The summed E-state index contributed by atoms with van der Waals surface area (Å²) < 4.78 is 5.51. The van der Waals surface area contributed by atoms with E-state index in [4.69, 9.17) is 15.6 Å². The molecule has 0 aromatic heterocycles. The molecule has 0 saturated carbocycles. The van der Waals surface area contributed by atoms with Gasteiger partial charge in [-0.2, -0.15) is 0 Å². The molecule has 0 aliphatic rings. The van der Waals surface area contributed by atoms with Crippen molar-refractivity contribution in [2.45, 2.75) is 6.61 Å². The Morgan fingerprint density at radius 3 is 2.67 bits per heavy atom. The van der Waals surface area contributed by atoms with E-state index in [1.807, 2.05) is 0 Å². The summed E-state index contributed by atoms with van der Waals surface area (Å²) in [5, 5.41) is 19.8. The molecule has 2 aromatic carbocycles. The monoisotopic (exact) mass is 288 g/mol. The molecular weight excluding hydrogens is 276 g/mol. The zero-order chi connectivity index (χ0) is 15.4. The van der Waals surface area contributed by atoms with Crippen molar-refractivity contribution in [3.63, 3.8) is 0 Å². The lowest BCUT2D eigenvalue weighted by Crippen LogP contribution is -2.12. The second-order valence-corrected chi connectivity index (χ2v) is 4.21. The average Bonchev–Trinajstić information content (AvgIpc) is 2.47. The van der Waals surface area contributed by atoms with Gasteiger partial charge in [0, 0.05) is 12.1 Å². The van der Waals surface area contributed by atoms with Crippen molar-refractivity contribution in [1.29, 1.82) is 0 Å². The number of aliphatic hydroxyl groups is 1. The first-order valence-electron chi connectivity index (χ1n) is 5.97. The number of rotatable bonds is 5. The third-order valence-corrected chi connectivity index (χ3v) is 2.75. The fourth-order valence-corrected chi connectivity index (χ4v) is 1.75. The maximum absolute atomic E-state index is 11.4. The first-order chi connectivity index (χ1) is 10.0. The molecule has 0 heterocycles. The minimum atomic E-state index is -0.827. The van der Waals surface area contributed by atoms with E-state index in [1.165, 1.54) is 12.1 Å². The highest BCUT2D eigenvalue weighted by Crippen LogP contribution is 2.29. The fourth-order valence-electron chi connectivity index (χ4n) is 1.75. The predicted molar refractivity (Wildman–Crippen MR) is 74.1 cm³/mol. The number of hydrogen-bond acceptors (Lipinski definition) is 5. The van der Waals surface area contributed by atoms with Crippen molar-refractivity contribution in [2.75, 3.05) is 0 Å². The first-order valence-corrected chi connectivity index (χ1v) is 5.97. The van der Waals surface area contributed by atoms with Crippen LogP contribution in [0.1, 0.15) is 15.9 Å². The van der Waals surface area contributed by atoms with E-state index in [2.05, 4.69) is 0 Å². The van der Waals surface area contributed by atoms with Gasteiger partial charge in [0.15, 0.2) is 0 Å². The summed E-state index contributed by atoms with van der Waals surface area (Å²) in [5.74, 6) is -0.326. The van der Waals surface area contributed by atoms with Crippen LogP contribution in [0.25, 0.3) is 0 Å². The Bertz CT molecular complexity index is 700. The van der Waals surface area contributed by atoms with E-state index in [1.54, 1.807) is 24.3 Å². The van der Waals surface area contributed by atoms with E-state index >= 15 is 0 Å². The van der Waals surface area contributed by atoms with Gasteiger partial charge in [0.1, 0.15) is 11.5 Å². The number of nitro groups is 1. The Kier molecular flexibility index (Phi) is 4.15. The zero-order valence-corrected chi connectivity index (χ0v) is 10.9. The lowest BCUT2D eigenvalue weighted by Gasteiger charge is -2.09. The Hall–Kier alpha value is -2.93. The van der Waals surface area contributed by atoms with Gasteiger partial charge in [-0.25, -0.2) is 0 Å². The van der Waals surface area contributed by atoms with E-state index in [9.17, 15) is 14.9 Å². The molecule has 0 fully saturated rings. The summed E-state index contributed by atoms with van der Waals surface area (Å²) in [4.78, 5) is 21.5. The van der Waals surface area contributed by atoms with Gasteiger partial charge in [-0.1, -0.05) is 12.1 Å². The number of carbonyl (C=O) groups is 1. The van der Waals surface area contributed by atoms with Crippen LogP contribution in [0.5, 0.6) is 11.5 Å². The van der Waals surface area contributed by atoms with E-state index in [0.717, 1.165) is 6.07 Å². The molecule has 2 aromatic rings. The quantitative estimate of drug-likeness (QED) is 0.644. The number of amides is 1. The maximum atomic E-state index is 11.4. The summed E-state index contributed by atoms with van der Waals surface area (Å²) in [6, 6.07) is 10.2. The average molecular weight is 288 g/mol. The number of carbonyl (C=O) groups excluding carboxylic acids is 1. The fraction of sp³-hybridized carbons (Fsp3) is 0.0714. The van der Waals surface area contributed by atoms with Crippen LogP contribution >= 0.6 is 0 Å². The van der Waals surface area contributed by atoms with Crippen LogP contribution < -0.4 is 10.5 Å². The SMILES string of the molecule is NC(=O)c1cc([N+](=O)[O-])ccc1Oc1cccc(CO)c1. The van der Waals surface area contributed by atoms with Crippen molar-refractivity contribution >= 4 is 11.6 Å². The summed E-state index contributed by atoms with van der Waals surface area (Å²) in [5.41, 5.74) is 5.51. The van der Waals surface area contributed by atoms with Crippen molar-refractivity contribution in [2.24, 2.45) is 5.73 Å². The van der Waals surface area contributed by atoms with Gasteiger partial charge in [0.25, 0.3) is 11.6 Å². The van der Waals surface area contributed by atoms with Crippen molar-refractivity contribution < 1.29 is 19.6 Å². The molecule has 0 aliphatic heterocycles. The van der Waals surface area contributed by atoms with E-state index in [-0.39, 0.29) is 23.6 Å². The molecule has 3 N–H and O–H groups in total. The Morgan fingerprint density at radius 1 is 1.29 bits per heavy atom. The molecule has 0 aliphatic carbocycles. The van der Waals surface area contributed by atoms with Crippen molar-refractivity contribution in [3.8, 4) is 11.5 Å². The third-order valence-electron chi connectivity index (χ3n) is 2.75. The van der Waals surface area contributed by atoms with Crippen LogP contribution in [0.2, 0.25) is 0 Å². The Balaban J connectivity index is 2.38. The van der Waals surface area contributed by atoms with E-state index < -0.39 is 10.8 Å². The van der Waals surface area contributed by atoms with Crippen LogP contribution in [0.4, 0.5) is 5.69 Å². The van der Waals surface area contributed by atoms with Gasteiger partial charge in [-0.15, -0.1) is 0 Å². The molecule has 0 saturated heterocycles. The molecule has 21 heavy (non-hydrogen) atoms. The maximum Gasteiger partial charge on any atom is 0.270 e. The number of ether oxygens (including phenoxy) is 1. The molecule has 0 atom stereocenters. The van der Waals surface area contributed by atoms with Gasteiger partial charge in [-0.3, -0.25) is 14.9 Å². The second-order valence-electron chi connectivity index (χ2n) is 4.21. The number of aliphatic hydroxyl groups excluding tert-OH is 1. The van der Waals surface area contributed by atoms with Crippen LogP contribution in [0, 0.1) is 10.1 Å². The standard InChI is InChI=1S/C14H12N2O5/c15-14(18)12-7-10(16(19)20)4-5-13(12)21-11-3-1-2-9(6-11)8-17/h1-7,17H,8H2,(H2,15,18). The van der Waals surface area contributed by atoms with Gasteiger partial charge in [0.05, 0.1) is 17.1 Å². The minimum Gasteiger partial charge on any atom is -0.457 e. The summed E-state index contributed by atoms with van der Waals surface area (Å²) in [6.07, 6.45) is 0. The predicted octanol–water partition coefficient (Wildman–Crippen LogP) is 1.98. The lowest BCUT2D eigenvalue weighted by atomic mass is 10.1.